The molecule has 0 aliphatic carbocycles. The maximum atomic E-state index is 13.8. The van der Waals surface area contributed by atoms with Crippen LogP contribution in [0.2, 0.25) is 5.02 Å². The van der Waals surface area contributed by atoms with E-state index in [-0.39, 0.29) is 0 Å². The van der Waals surface area contributed by atoms with Crippen molar-refractivity contribution in [3.63, 3.8) is 0 Å². The predicted octanol–water partition coefficient (Wildman–Crippen LogP) is 4.06. The molecule has 1 heterocycles. The van der Waals surface area contributed by atoms with E-state index in [4.69, 9.17) is 11.6 Å². The second kappa shape index (κ2) is 6.05. The predicted molar refractivity (Wildman–Crippen MR) is 80.4 cm³/mol. The fourth-order valence-corrected chi connectivity index (χ4v) is 1.97. The minimum atomic E-state index is -0.418. The maximum Gasteiger partial charge on any atom is 0.148 e. The monoisotopic (exact) mass is 294 g/mol. The lowest BCUT2D eigenvalue weighted by Crippen LogP contribution is -2.08. The molecule has 0 radical (unpaired) electrons. The van der Waals surface area contributed by atoms with Gasteiger partial charge < -0.3 is 10.6 Å². The summed E-state index contributed by atoms with van der Waals surface area (Å²) in [5, 5.41) is 6.50. The number of benzene rings is 1. The maximum absolute atomic E-state index is 13.8. The van der Waals surface area contributed by atoms with Crippen molar-refractivity contribution in [2.45, 2.75) is 20.8 Å². The largest absolute Gasteiger partial charge is 0.370 e. The summed E-state index contributed by atoms with van der Waals surface area (Å²) >= 11 is 5.74. The van der Waals surface area contributed by atoms with E-state index in [0.29, 0.717) is 22.4 Å². The van der Waals surface area contributed by atoms with Gasteiger partial charge in [0.1, 0.15) is 23.3 Å². The number of nitrogens with zero attached hydrogens (tertiary/aromatic N) is 2. The zero-order valence-electron chi connectivity index (χ0n) is 11.6. The minimum Gasteiger partial charge on any atom is -0.370 e. The summed E-state index contributed by atoms with van der Waals surface area (Å²) in [6.07, 6.45) is 0. The number of aryl methyl sites for hydroxylation is 1. The highest BCUT2D eigenvalue weighted by Gasteiger charge is 2.11. The molecule has 2 rings (SSSR count). The van der Waals surface area contributed by atoms with Gasteiger partial charge in [0, 0.05) is 17.1 Å². The van der Waals surface area contributed by atoms with Gasteiger partial charge >= 0.3 is 0 Å². The second-order valence-electron chi connectivity index (χ2n) is 4.37. The Morgan fingerprint density at radius 1 is 1.20 bits per heavy atom. The van der Waals surface area contributed by atoms with Crippen molar-refractivity contribution in [1.82, 2.24) is 9.97 Å². The number of aromatic nitrogens is 2. The molecule has 0 amide bonds. The Morgan fingerprint density at radius 3 is 2.55 bits per heavy atom. The van der Waals surface area contributed by atoms with Crippen LogP contribution in [0.3, 0.4) is 0 Å². The van der Waals surface area contributed by atoms with Crippen LogP contribution in [0.25, 0.3) is 0 Å². The molecule has 0 bridgehead atoms. The van der Waals surface area contributed by atoms with Gasteiger partial charge in [0.25, 0.3) is 0 Å². The number of anilines is 3. The van der Waals surface area contributed by atoms with E-state index in [0.717, 1.165) is 17.9 Å². The number of rotatable bonds is 4. The molecule has 106 valence electrons. The molecule has 4 nitrogen and oxygen atoms in total. The van der Waals surface area contributed by atoms with Crippen molar-refractivity contribution in [3.05, 3.63) is 40.4 Å². The van der Waals surface area contributed by atoms with Crippen molar-refractivity contribution in [2.75, 3.05) is 17.2 Å². The molecule has 1 aromatic heterocycles. The Balaban J connectivity index is 2.37. The van der Waals surface area contributed by atoms with Crippen LogP contribution < -0.4 is 10.6 Å². The van der Waals surface area contributed by atoms with Crippen molar-refractivity contribution >= 4 is 28.9 Å². The van der Waals surface area contributed by atoms with Crippen LogP contribution >= 0.6 is 11.6 Å². The summed E-state index contributed by atoms with van der Waals surface area (Å²) in [4.78, 5) is 8.64. The van der Waals surface area contributed by atoms with Gasteiger partial charge in [-0.1, -0.05) is 11.6 Å². The molecule has 0 aliphatic heterocycles. The van der Waals surface area contributed by atoms with Gasteiger partial charge in [-0.15, -0.1) is 0 Å². The molecule has 2 N–H and O–H groups in total. The summed E-state index contributed by atoms with van der Waals surface area (Å²) in [6.45, 7) is 6.42. The van der Waals surface area contributed by atoms with Crippen LogP contribution in [-0.4, -0.2) is 16.5 Å². The van der Waals surface area contributed by atoms with Crippen molar-refractivity contribution < 1.29 is 4.39 Å². The molecule has 0 spiro atoms. The van der Waals surface area contributed by atoms with E-state index in [1.165, 1.54) is 6.07 Å². The van der Waals surface area contributed by atoms with E-state index in [1.54, 1.807) is 19.1 Å². The first kappa shape index (κ1) is 14.5. The quantitative estimate of drug-likeness (QED) is 0.893. The van der Waals surface area contributed by atoms with Crippen molar-refractivity contribution in [2.24, 2.45) is 0 Å². The fraction of sp³-hybridized carbons (Fsp3) is 0.286. The molecule has 1 aromatic carbocycles. The zero-order chi connectivity index (χ0) is 14.7. The normalized spacial score (nSPS) is 10.4. The van der Waals surface area contributed by atoms with E-state index >= 15 is 0 Å². The second-order valence-corrected chi connectivity index (χ2v) is 4.81. The first-order valence-corrected chi connectivity index (χ1v) is 6.70. The first-order chi connectivity index (χ1) is 9.51. The Labute approximate surface area is 122 Å². The molecule has 0 unspecified atom stereocenters. The lowest BCUT2D eigenvalue weighted by Gasteiger charge is -2.14. The van der Waals surface area contributed by atoms with Gasteiger partial charge in [0.05, 0.1) is 5.69 Å². The summed E-state index contributed by atoms with van der Waals surface area (Å²) in [5.41, 5.74) is 1.17. The lowest BCUT2D eigenvalue weighted by molar-refractivity contribution is 0.632. The molecule has 0 saturated heterocycles. The van der Waals surface area contributed by atoms with Crippen molar-refractivity contribution in [1.29, 1.82) is 0 Å². The average Bonchev–Trinajstić information content (AvgIpc) is 2.38. The highest BCUT2D eigenvalue weighted by molar-refractivity contribution is 6.30. The summed E-state index contributed by atoms with van der Waals surface area (Å²) in [5.74, 6) is 1.52. The van der Waals surface area contributed by atoms with Crippen molar-refractivity contribution in [3.8, 4) is 0 Å². The Bertz CT molecular complexity index is 631. The van der Waals surface area contributed by atoms with E-state index < -0.39 is 5.82 Å². The molecular weight excluding hydrogens is 279 g/mol. The van der Waals surface area contributed by atoms with E-state index in [2.05, 4.69) is 20.6 Å². The Hall–Kier alpha value is -1.88. The number of nitrogens with one attached hydrogen (secondary N) is 2. The average molecular weight is 295 g/mol. The third kappa shape index (κ3) is 3.17. The number of hydrogen-bond donors (Lipinski definition) is 2. The molecule has 0 atom stereocenters. The van der Waals surface area contributed by atoms with Crippen LogP contribution in [0.5, 0.6) is 0 Å². The SMILES string of the molecule is CCNc1nc(C)nc(Nc2ccc(Cl)cc2F)c1C. The molecule has 6 heteroatoms. The molecule has 0 aliphatic rings. The third-order valence-corrected chi connectivity index (χ3v) is 3.02. The van der Waals surface area contributed by atoms with Crippen LogP contribution in [0.15, 0.2) is 18.2 Å². The standard InChI is InChI=1S/C14H16ClFN4/c1-4-17-13-8(2)14(19-9(3)18-13)20-12-6-5-10(15)7-11(12)16/h5-7H,4H2,1-3H3,(H2,17,18,19,20). The lowest BCUT2D eigenvalue weighted by atomic mass is 10.2. The third-order valence-electron chi connectivity index (χ3n) is 2.79. The topological polar surface area (TPSA) is 49.8 Å². The Morgan fingerprint density at radius 2 is 1.90 bits per heavy atom. The smallest absolute Gasteiger partial charge is 0.148 e. The summed E-state index contributed by atoms with van der Waals surface area (Å²) < 4.78 is 13.8. The minimum absolute atomic E-state index is 0.332. The van der Waals surface area contributed by atoms with Gasteiger partial charge in [-0.2, -0.15) is 0 Å². The fourth-order valence-electron chi connectivity index (χ4n) is 1.81. The molecule has 20 heavy (non-hydrogen) atoms. The first-order valence-electron chi connectivity index (χ1n) is 6.32. The summed E-state index contributed by atoms with van der Waals surface area (Å²) in [6, 6.07) is 4.47. The highest BCUT2D eigenvalue weighted by atomic mass is 35.5. The number of halogens is 2. The number of hydrogen-bond acceptors (Lipinski definition) is 4. The van der Waals surface area contributed by atoms with Crippen LogP contribution in [0.1, 0.15) is 18.3 Å². The molecule has 0 fully saturated rings. The van der Waals surface area contributed by atoms with Gasteiger partial charge in [0.15, 0.2) is 0 Å². The zero-order valence-corrected chi connectivity index (χ0v) is 12.3. The molecule has 2 aromatic rings. The van der Waals surface area contributed by atoms with Crippen LogP contribution in [-0.2, 0) is 0 Å². The Kier molecular flexibility index (Phi) is 4.39. The highest BCUT2D eigenvalue weighted by Crippen LogP contribution is 2.26. The van der Waals surface area contributed by atoms with Gasteiger partial charge in [-0.3, -0.25) is 0 Å². The van der Waals surface area contributed by atoms with Crippen LogP contribution in [0.4, 0.5) is 21.7 Å². The van der Waals surface area contributed by atoms with Gasteiger partial charge in [0.2, 0.25) is 0 Å². The van der Waals surface area contributed by atoms with Crippen LogP contribution in [0, 0.1) is 19.7 Å². The van der Waals surface area contributed by atoms with E-state index in [9.17, 15) is 4.39 Å². The van der Waals surface area contributed by atoms with Gasteiger partial charge in [-0.05, 0) is 39.0 Å². The molecular formula is C14H16ClFN4. The van der Waals surface area contributed by atoms with E-state index in [1.807, 2.05) is 13.8 Å². The molecule has 0 saturated carbocycles. The van der Waals surface area contributed by atoms with Gasteiger partial charge in [-0.25, -0.2) is 14.4 Å². The summed E-state index contributed by atoms with van der Waals surface area (Å²) in [7, 11) is 0.